The summed E-state index contributed by atoms with van der Waals surface area (Å²) in [5.74, 6) is 0.111. The molecule has 172 valence electrons. The van der Waals surface area contributed by atoms with Crippen LogP contribution in [-0.4, -0.2) is 57.4 Å². The van der Waals surface area contributed by atoms with Gasteiger partial charge in [0.1, 0.15) is 11.4 Å². The number of aromatic nitrogens is 2. The monoisotopic (exact) mass is 494 g/mol. The number of hydrogen-bond acceptors (Lipinski definition) is 5. The van der Waals surface area contributed by atoms with E-state index in [1.807, 2.05) is 12.1 Å². The molecule has 1 spiro atoms. The maximum absolute atomic E-state index is 14.1. The van der Waals surface area contributed by atoms with E-state index in [9.17, 15) is 14.9 Å². The first-order valence-corrected chi connectivity index (χ1v) is 11.4. The molecule has 5 rings (SSSR count). The van der Waals surface area contributed by atoms with E-state index in [1.54, 1.807) is 49.8 Å². The largest absolute Gasteiger partial charge is 0.348 e. The van der Waals surface area contributed by atoms with E-state index >= 15 is 0 Å². The van der Waals surface area contributed by atoms with Crippen LogP contribution in [0, 0.1) is 11.3 Å². The molecule has 1 N–H and O–H groups in total. The van der Waals surface area contributed by atoms with Crippen LogP contribution in [0.25, 0.3) is 0 Å². The molecule has 2 atom stereocenters. The topological polar surface area (TPSA) is 96.3 Å². The van der Waals surface area contributed by atoms with E-state index in [0.717, 1.165) is 16.3 Å². The molecule has 3 heterocycles. The van der Waals surface area contributed by atoms with E-state index in [1.165, 1.54) is 4.90 Å². The summed E-state index contributed by atoms with van der Waals surface area (Å²) in [6, 6.07) is 13.5. The Morgan fingerprint density at radius 1 is 1.18 bits per heavy atom. The Morgan fingerprint density at radius 2 is 1.88 bits per heavy atom. The van der Waals surface area contributed by atoms with E-state index < -0.39 is 11.6 Å². The molecular formula is C24H20Cl2N6O2. The molecule has 2 aromatic carbocycles. The van der Waals surface area contributed by atoms with Gasteiger partial charge in [-0.15, -0.1) is 0 Å². The number of halogens is 2. The number of amides is 3. The Labute approximate surface area is 206 Å². The Bertz CT molecular complexity index is 1280. The summed E-state index contributed by atoms with van der Waals surface area (Å²) in [6.07, 6.45) is 3.43. The van der Waals surface area contributed by atoms with Gasteiger partial charge in [0.25, 0.3) is 5.91 Å². The molecule has 2 aliphatic rings. The number of nitrogens with zero attached hydrogens (tertiary/aromatic N) is 5. The second-order valence-electron chi connectivity index (χ2n) is 8.53. The minimum atomic E-state index is -1.15. The molecule has 2 saturated heterocycles. The number of imide groups is 1. The van der Waals surface area contributed by atoms with Crippen molar-refractivity contribution in [3.05, 3.63) is 81.9 Å². The standard InChI is InChI=1S/C24H20Cl2N6O2/c1-30-23(34)32(19-9-17(25)8-18(26)10-19)22(33)24(30)14-31(13-21-28-6-7-29-21)12-20(24)16-4-2-15(11-27)3-5-16/h2-10,20H,12-14H2,1H3,(H,28,29). The van der Waals surface area contributed by atoms with Crippen molar-refractivity contribution in [3.63, 3.8) is 0 Å². The molecule has 2 aliphatic heterocycles. The number of imidazole rings is 1. The second kappa shape index (κ2) is 8.44. The first kappa shape index (κ1) is 22.4. The number of hydrogen-bond donors (Lipinski definition) is 1. The van der Waals surface area contributed by atoms with Gasteiger partial charge in [0.15, 0.2) is 0 Å². The normalized spacial score (nSPS) is 22.7. The molecule has 2 fully saturated rings. The Hall–Kier alpha value is -3.38. The number of benzene rings is 2. The van der Waals surface area contributed by atoms with Gasteiger partial charge in [-0.05, 0) is 35.9 Å². The van der Waals surface area contributed by atoms with Crippen LogP contribution < -0.4 is 4.90 Å². The number of urea groups is 1. The van der Waals surface area contributed by atoms with E-state index in [4.69, 9.17) is 23.2 Å². The molecule has 0 aliphatic carbocycles. The number of likely N-dealkylation sites (N-methyl/N-ethyl adjacent to an activating group) is 1. The number of aromatic amines is 1. The molecule has 10 heteroatoms. The zero-order valence-corrected chi connectivity index (χ0v) is 19.7. The Balaban J connectivity index is 1.59. The molecule has 34 heavy (non-hydrogen) atoms. The number of H-pyrrole nitrogens is 1. The Morgan fingerprint density at radius 3 is 2.50 bits per heavy atom. The van der Waals surface area contributed by atoms with Gasteiger partial charge in [-0.25, -0.2) is 14.7 Å². The summed E-state index contributed by atoms with van der Waals surface area (Å²) in [5.41, 5.74) is 0.590. The molecule has 0 bridgehead atoms. The van der Waals surface area contributed by atoms with Gasteiger partial charge in [-0.1, -0.05) is 35.3 Å². The average molecular weight is 495 g/mol. The fraction of sp³-hybridized carbons (Fsp3) is 0.250. The van der Waals surface area contributed by atoms with Crippen LogP contribution in [0.15, 0.2) is 54.9 Å². The van der Waals surface area contributed by atoms with Crippen molar-refractivity contribution in [2.75, 3.05) is 25.0 Å². The number of nitriles is 1. The number of carbonyl (C=O) groups excluding carboxylic acids is 2. The summed E-state index contributed by atoms with van der Waals surface area (Å²) in [6.45, 7) is 1.35. The van der Waals surface area contributed by atoms with Crippen LogP contribution in [0.5, 0.6) is 0 Å². The van der Waals surface area contributed by atoms with Crippen molar-refractivity contribution >= 4 is 40.8 Å². The summed E-state index contributed by atoms with van der Waals surface area (Å²) in [5, 5.41) is 9.87. The first-order chi connectivity index (χ1) is 16.3. The van der Waals surface area contributed by atoms with Crippen LogP contribution in [0.2, 0.25) is 10.0 Å². The molecule has 0 radical (unpaired) electrons. The quantitative estimate of drug-likeness (QED) is 0.552. The summed E-state index contributed by atoms with van der Waals surface area (Å²) >= 11 is 12.4. The highest BCUT2D eigenvalue weighted by Crippen LogP contribution is 2.46. The molecule has 8 nitrogen and oxygen atoms in total. The van der Waals surface area contributed by atoms with Gasteiger partial charge in [0.2, 0.25) is 0 Å². The maximum Gasteiger partial charge on any atom is 0.332 e. The van der Waals surface area contributed by atoms with Crippen LogP contribution in [-0.2, 0) is 11.3 Å². The third-order valence-electron chi connectivity index (χ3n) is 6.61. The van der Waals surface area contributed by atoms with Crippen LogP contribution in [0.4, 0.5) is 10.5 Å². The minimum absolute atomic E-state index is 0.323. The highest BCUT2D eigenvalue weighted by molar-refractivity contribution is 6.35. The molecule has 3 aromatic rings. The van der Waals surface area contributed by atoms with Crippen molar-refractivity contribution in [2.45, 2.75) is 18.0 Å². The van der Waals surface area contributed by atoms with Crippen molar-refractivity contribution in [2.24, 2.45) is 0 Å². The molecule has 0 saturated carbocycles. The average Bonchev–Trinajstić information content (AvgIpc) is 3.50. The van der Waals surface area contributed by atoms with Gasteiger partial charge >= 0.3 is 6.03 Å². The summed E-state index contributed by atoms with van der Waals surface area (Å²) < 4.78 is 0. The molecular weight excluding hydrogens is 475 g/mol. The van der Waals surface area contributed by atoms with E-state index in [2.05, 4.69) is 20.9 Å². The fourth-order valence-electron chi connectivity index (χ4n) is 5.01. The summed E-state index contributed by atoms with van der Waals surface area (Å²) in [4.78, 5) is 39.8. The lowest BCUT2D eigenvalue weighted by Gasteiger charge is -2.34. The van der Waals surface area contributed by atoms with Gasteiger partial charge in [0.05, 0.1) is 23.9 Å². The molecule has 3 amide bonds. The van der Waals surface area contributed by atoms with Crippen molar-refractivity contribution < 1.29 is 9.59 Å². The van der Waals surface area contributed by atoms with Gasteiger partial charge in [-0.3, -0.25) is 9.69 Å². The fourth-order valence-corrected chi connectivity index (χ4v) is 5.52. The zero-order chi connectivity index (χ0) is 24.0. The van der Waals surface area contributed by atoms with E-state index in [0.29, 0.717) is 40.9 Å². The summed E-state index contributed by atoms with van der Waals surface area (Å²) in [7, 11) is 1.65. The van der Waals surface area contributed by atoms with Gasteiger partial charge < -0.3 is 9.88 Å². The van der Waals surface area contributed by atoms with Gasteiger partial charge in [0, 0.05) is 48.5 Å². The smallest absolute Gasteiger partial charge is 0.332 e. The maximum atomic E-state index is 14.1. The molecule has 1 aromatic heterocycles. The third kappa shape index (κ3) is 3.53. The van der Waals surface area contributed by atoms with E-state index in [-0.39, 0.29) is 11.8 Å². The van der Waals surface area contributed by atoms with Crippen LogP contribution >= 0.6 is 23.2 Å². The second-order valence-corrected chi connectivity index (χ2v) is 9.40. The van der Waals surface area contributed by atoms with Crippen LogP contribution in [0.3, 0.4) is 0 Å². The molecule has 2 unspecified atom stereocenters. The predicted octanol–water partition coefficient (Wildman–Crippen LogP) is 4.02. The SMILES string of the molecule is CN1C(=O)N(c2cc(Cl)cc(Cl)c2)C(=O)C12CN(Cc1ncc[nH]1)CC2c1ccc(C#N)cc1. The third-order valence-corrected chi connectivity index (χ3v) is 7.04. The number of nitrogens with one attached hydrogen (secondary N) is 1. The highest BCUT2D eigenvalue weighted by Gasteiger charge is 2.64. The Kier molecular flexibility index (Phi) is 5.56. The minimum Gasteiger partial charge on any atom is -0.348 e. The van der Waals surface area contributed by atoms with Crippen molar-refractivity contribution in [1.29, 1.82) is 5.26 Å². The lowest BCUT2D eigenvalue weighted by Crippen LogP contribution is -2.53. The lowest BCUT2D eigenvalue weighted by molar-refractivity contribution is -0.124. The first-order valence-electron chi connectivity index (χ1n) is 10.6. The van der Waals surface area contributed by atoms with Crippen molar-refractivity contribution in [1.82, 2.24) is 19.8 Å². The van der Waals surface area contributed by atoms with Crippen LogP contribution in [0.1, 0.15) is 22.9 Å². The lowest BCUT2D eigenvalue weighted by atomic mass is 9.80. The predicted molar refractivity (Wildman–Crippen MR) is 128 cm³/mol. The highest BCUT2D eigenvalue weighted by atomic mass is 35.5. The number of anilines is 1. The van der Waals surface area contributed by atoms with Crippen molar-refractivity contribution in [3.8, 4) is 6.07 Å². The number of carbonyl (C=O) groups is 2. The number of rotatable bonds is 4. The zero-order valence-electron chi connectivity index (χ0n) is 18.2. The van der Waals surface area contributed by atoms with Gasteiger partial charge in [-0.2, -0.15) is 5.26 Å². The number of likely N-dealkylation sites (tertiary alicyclic amines) is 1.